The largest absolute Gasteiger partial charge is 0.313 e. The molecular formula is C18H20FN. The predicted molar refractivity (Wildman–Crippen MR) is 80.5 cm³/mol. The Morgan fingerprint density at radius 1 is 1.15 bits per heavy atom. The highest BCUT2D eigenvalue weighted by atomic mass is 19.1. The fourth-order valence-corrected chi connectivity index (χ4v) is 3.15. The Hall–Kier alpha value is -1.67. The first-order valence-electron chi connectivity index (χ1n) is 7.33. The van der Waals surface area contributed by atoms with Crippen LogP contribution in [0.1, 0.15) is 29.5 Å². The molecule has 3 rings (SSSR count). The zero-order valence-electron chi connectivity index (χ0n) is 11.8. The molecule has 0 aliphatic heterocycles. The summed E-state index contributed by atoms with van der Waals surface area (Å²) in [4.78, 5) is 0. The maximum atomic E-state index is 13.0. The average Bonchev–Trinajstić information content (AvgIpc) is 2.43. The van der Waals surface area contributed by atoms with E-state index in [0.29, 0.717) is 12.0 Å². The van der Waals surface area contributed by atoms with E-state index in [1.54, 1.807) is 12.1 Å². The number of benzene rings is 2. The second-order valence-electron chi connectivity index (χ2n) is 5.50. The van der Waals surface area contributed by atoms with Crippen LogP contribution < -0.4 is 5.32 Å². The molecule has 104 valence electrons. The van der Waals surface area contributed by atoms with Gasteiger partial charge in [-0.2, -0.15) is 0 Å². The first kappa shape index (κ1) is 13.3. The standard InChI is InChI=1S/C18H20FN/c1-2-20-18(11-13-7-9-15(19)10-8-13)17-12-14-5-3-4-6-16(14)17/h3-10,17-18,20H,2,11-12H2,1H3. The Labute approximate surface area is 119 Å². The van der Waals surface area contributed by atoms with Gasteiger partial charge in [0.05, 0.1) is 0 Å². The summed E-state index contributed by atoms with van der Waals surface area (Å²) in [5, 5.41) is 3.59. The van der Waals surface area contributed by atoms with Crippen LogP contribution in [0, 0.1) is 5.82 Å². The van der Waals surface area contributed by atoms with Crippen LogP contribution in [0.5, 0.6) is 0 Å². The summed E-state index contributed by atoms with van der Waals surface area (Å²) < 4.78 is 13.0. The molecule has 0 amide bonds. The maximum Gasteiger partial charge on any atom is 0.123 e. The van der Waals surface area contributed by atoms with Gasteiger partial charge in [0.2, 0.25) is 0 Å². The van der Waals surface area contributed by atoms with E-state index < -0.39 is 0 Å². The Bertz CT molecular complexity index is 576. The van der Waals surface area contributed by atoms with Crippen molar-refractivity contribution in [3.8, 4) is 0 Å². The lowest BCUT2D eigenvalue weighted by Gasteiger charge is -2.37. The predicted octanol–water partition coefficient (Wildman–Crippen LogP) is 3.69. The molecule has 1 aliphatic carbocycles. The molecule has 0 bridgehead atoms. The van der Waals surface area contributed by atoms with Gasteiger partial charge >= 0.3 is 0 Å². The van der Waals surface area contributed by atoms with Crippen LogP contribution in [0.25, 0.3) is 0 Å². The second kappa shape index (κ2) is 5.76. The van der Waals surface area contributed by atoms with Crippen molar-refractivity contribution < 1.29 is 4.39 Å². The summed E-state index contributed by atoms with van der Waals surface area (Å²) in [7, 11) is 0. The van der Waals surface area contributed by atoms with Crippen LogP contribution in [0.2, 0.25) is 0 Å². The molecule has 2 heteroatoms. The molecule has 0 saturated heterocycles. The SMILES string of the molecule is CCNC(Cc1ccc(F)cc1)C1Cc2ccccc21. The number of nitrogens with one attached hydrogen (secondary N) is 1. The van der Waals surface area contributed by atoms with Gasteiger partial charge in [0.1, 0.15) is 5.82 Å². The first-order chi connectivity index (χ1) is 9.78. The molecule has 2 unspecified atom stereocenters. The van der Waals surface area contributed by atoms with Gasteiger partial charge in [-0.1, -0.05) is 43.3 Å². The van der Waals surface area contributed by atoms with E-state index in [4.69, 9.17) is 0 Å². The smallest absolute Gasteiger partial charge is 0.123 e. The van der Waals surface area contributed by atoms with Crippen LogP contribution in [0.4, 0.5) is 4.39 Å². The zero-order valence-corrected chi connectivity index (χ0v) is 11.8. The minimum absolute atomic E-state index is 0.164. The highest BCUT2D eigenvalue weighted by Crippen LogP contribution is 2.38. The van der Waals surface area contributed by atoms with Crippen molar-refractivity contribution >= 4 is 0 Å². The highest BCUT2D eigenvalue weighted by molar-refractivity contribution is 5.41. The van der Waals surface area contributed by atoms with Crippen molar-refractivity contribution in [2.75, 3.05) is 6.54 Å². The number of likely N-dealkylation sites (N-methyl/N-ethyl adjacent to an activating group) is 1. The van der Waals surface area contributed by atoms with Gasteiger partial charge < -0.3 is 5.32 Å². The summed E-state index contributed by atoms with van der Waals surface area (Å²) in [5.74, 6) is 0.416. The van der Waals surface area contributed by atoms with Gasteiger partial charge in [0, 0.05) is 12.0 Å². The summed E-state index contributed by atoms with van der Waals surface area (Å²) in [6.07, 6.45) is 2.10. The Kier molecular flexibility index (Phi) is 3.83. The van der Waals surface area contributed by atoms with Gasteiger partial charge in [0.15, 0.2) is 0 Å². The average molecular weight is 269 g/mol. The Morgan fingerprint density at radius 3 is 2.60 bits per heavy atom. The normalized spacial score (nSPS) is 18.2. The van der Waals surface area contributed by atoms with Gasteiger partial charge in [-0.15, -0.1) is 0 Å². The molecule has 20 heavy (non-hydrogen) atoms. The van der Waals surface area contributed by atoms with Gasteiger partial charge in [0.25, 0.3) is 0 Å². The topological polar surface area (TPSA) is 12.0 Å². The van der Waals surface area contributed by atoms with Crippen LogP contribution in [-0.4, -0.2) is 12.6 Å². The van der Waals surface area contributed by atoms with E-state index in [1.807, 2.05) is 12.1 Å². The Balaban J connectivity index is 1.75. The van der Waals surface area contributed by atoms with Crippen molar-refractivity contribution in [3.63, 3.8) is 0 Å². The van der Waals surface area contributed by atoms with Crippen molar-refractivity contribution in [1.29, 1.82) is 0 Å². The van der Waals surface area contributed by atoms with Crippen molar-refractivity contribution in [2.24, 2.45) is 0 Å². The lowest BCUT2D eigenvalue weighted by molar-refractivity contribution is 0.404. The van der Waals surface area contributed by atoms with Crippen LogP contribution >= 0.6 is 0 Å². The molecular weight excluding hydrogens is 249 g/mol. The minimum atomic E-state index is -0.164. The summed E-state index contributed by atoms with van der Waals surface area (Å²) in [5.41, 5.74) is 4.14. The molecule has 2 aromatic rings. The summed E-state index contributed by atoms with van der Waals surface area (Å²) in [6.45, 7) is 3.10. The summed E-state index contributed by atoms with van der Waals surface area (Å²) >= 11 is 0. The van der Waals surface area contributed by atoms with E-state index in [9.17, 15) is 4.39 Å². The fourth-order valence-electron chi connectivity index (χ4n) is 3.15. The molecule has 1 N–H and O–H groups in total. The second-order valence-corrected chi connectivity index (χ2v) is 5.50. The van der Waals surface area contributed by atoms with Crippen molar-refractivity contribution in [1.82, 2.24) is 5.32 Å². The van der Waals surface area contributed by atoms with E-state index in [2.05, 4.69) is 36.5 Å². The zero-order chi connectivity index (χ0) is 13.9. The molecule has 0 radical (unpaired) electrons. The number of rotatable bonds is 5. The molecule has 0 heterocycles. The molecule has 2 aromatic carbocycles. The van der Waals surface area contributed by atoms with Crippen LogP contribution in [-0.2, 0) is 12.8 Å². The quantitative estimate of drug-likeness (QED) is 0.873. The molecule has 0 saturated carbocycles. The molecule has 1 aliphatic rings. The summed E-state index contributed by atoms with van der Waals surface area (Å²) in [6, 6.07) is 16.0. The first-order valence-corrected chi connectivity index (χ1v) is 7.33. The Morgan fingerprint density at radius 2 is 1.90 bits per heavy atom. The van der Waals surface area contributed by atoms with E-state index >= 15 is 0 Å². The van der Waals surface area contributed by atoms with Gasteiger partial charge in [-0.25, -0.2) is 4.39 Å². The monoisotopic (exact) mass is 269 g/mol. The molecule has 0 fully saturated rings. The highest BCUT2D eigenvalue weighted by Gasteiger charge is 2.32. The maximum absolute atomic E-state index is 13.0. The minimum Gasteiger partial charge on any atom is -0.313 e. The molecule has 0 aromatic heterocycles. The number of hydrogen-bond donors (Lipinski definition) is 1. The molecule has 0 spiro atoms. The van der Waals surface area contributed by atoms with Crippen molar-refractivity contribution in [3.05, 3.63) is 71.0 Å². The van der Waals surface area contributed by atoms with Crippen molar-refractivity contribution in [2.45, 2.75) is 31.7 Å². The van der Waals surface area contributed by atoms with Crippen LogP contribution in [0.3, 0.4) is 0 Å². The molecule has 2 atom stereocenters. The third-order valence-electron chi connectivity index (χ3n) is 4.22. The van der Waals surface area contributed by atoms with E-state index in [-0.39, 0.29) is 5.82 Å². The number of fused-ring (bicyclic) bond motifs is 1. The molecule has 1 nitrogen and oxygen atoms in total. The van der Waals surface area contributed by atoms with E-state index in [0.717, 1.165) is 19.4 Å². The van der Waals surface area contributed by atoms with E-state index in [1.165, 1.54) is 16.7 Å². The number of halogens is 1. The van der Waals surface area contributed by atoms with Gasteiger partial charge in [-0.3, -0.25) is 0 Å². The van der Waals surface area contributed by atoms with Gasteiger partial charge in [-0.05, 0) is 48.2 Å². The lowest BCUT2D eigenvalue weighted by atomic mass is 9.72. The third kappa shape index (κ3) is 2.61. The lowest BCUT2D eigenvalue weighted by Crippen LogP contribution is -2.41. The van der Waals surface area contributed by atoms with Crippen LogP contribution in [0.15, 0.2) is 48.5 Å². The fraction of sp³-hybridized carbons (Fsp3) is 0.333. The number of hydrogen-bond acceptors (Lipinski definition) is 1. The third-order valence-corrected chi connectivity index (χ3v) is 4.22.